The van der Waals surface area contributed by atoms with Crippen LogP contribution in [-0.4, -0.2) is 22.4 Å². The number of rotatable bonds is 1. The SMILES string of the molecule is O=C1NCCc2c(-c3c[nH]c4ccccc34)[nH]c3cccc1c23. The number of hydrogen-bond acceptors (Lipinski definition) is 1. The summed E-state index contributed by atoms with van der Waals surface area (Å²) >= 11 is 0. The summed E-state index contributed by atoms with van der Waals surface area (Å²) in [6.07, 6.45) is 2.88. The molecular formula is C19H15N3O. The molecule has 1 aliphatic heterocycles. The Hall–Kier alpha value is -3.01. The number of aromatic amines is 2. The largest absolute Gasteiger partial charge is 0.360 e. The van der Waals surface area contributed by atoms with Crippen LogP contribution in [0.1, 0.15) is 15.9 Å². The van der Waals surface area contributed by atoms with Gasteiger partial charge in [-0.3, -0.25) is 4.79 Å². The highest BCUT2D eigenvalue weighted by Crippen LogP contribution is 2.37. The number of H-pyrrole nitrogens is 2. The first-order valence-corrected chi connectivity index (χ1v) is 7.81. The molecule has 1 amide bonds. The van der Waals surface area contributed by atoms with Gasteiger partial charge in [-0.05, 0) is 30.2 Å². The van der Waals surface area contributed by atoms with E-state index in [0.717, 1.165) is 39.7 Å². The zero-order chi connectivity index (χ0) is 15.4. The van der Waals surface area contributed by atoms with E-state index in [1.807, 2.05) is 30.5 Å². The fraction of sp³-hybridized carbons (Fsp3) is 0.105. The average molecular weight is 301 g/mol. The molecule has 23 heavy (non-hydrogen) atoms. The normalized spacial score (nSPS) is 14.2. The van der Waals surface area contributed by atoms with Crippen LogP contribution in [0.5, 0.6) is 0 Å². The summed E-state index contributed by atoms with van der Waals surface area (Å²) in [5.74, 6) is 0.0128. The Morgan fingerprint density at radius 2 is 1.78 bits per heavy atom. The number of para-hydroxylation sites is 1. The van der Waals surface area contributed by atoms with E-state index in [-0.39, 0.29) is 5.91 Å². The predicted molar refractivity (Wildman–Crippen MR) is 91.6 cm³/mol. The van der Waals surface area contributed by atoms with Crippen LogP contribution in [0.3, 0.4) is 0 Å². The fourth-order valence-corrected chi connectivity index (χ4v) is 3.66. The zero-order valence-corrected chi connectivity index (χ0v) is 12.4. The molecule has 5 rings (SSSR count). The summed E-state index contributed by atoms with van der Waals surface area (Å²) in [4.78, 5) is 19.1. The maximum atomic E-state index is 12.3. The van der Waals surface area contributed by atoms with Gasteiger partial charge in [-0.1, -0.05) is 24.3 Å². The monoisotopic (exact) mass is 301 g/mol. The number of carbonyl (C=O) groups excluding carboxylic acids is 1. The Morgan fingerprint density at radius 1 is 0.913 bits per heavy atom. The summed E-state index contributed by atoms with van der Waals surface area (Å²) in [5.41, 5.74) is 6.40. The molecular weight excluding hydrogens is 286 g/mol. The van der Waals surface area contributed by atoms with Crippen LogP contribution in [0.4, 0.5) is 0 Å². The first-order valence-electron chi connectivity index (χ1n) is 7.81. The molecule has 3 heterocycles. The molecule has 0 radical (unpaired) electrons. The minimum Gasteiger partial charge on any atom is -0.360 e. The van der Waals surface area contributed by atoms with Crippen molar-refractivity contribution in [3.8, 4) is 11.3 Å². The van der Waals surface area contributed by atoms with Crippen molar-refractivity contribution in [1.29, 1.82) is 0 Å². The molecule has 0 saturated carbocycles. The van der Waals surface area contributed by atoms with Crippen molar-refractivity contribution in [1.82, 2.24) is 15.3 Å². The van der Waals surface area contributed by atoms with Gasteiger partial charge < -0.3 is 15.3 Å². The average Bonchev–Trinajstić information content (AvgIpc) is 3.10. The first-order chi connectivity index (χ1) is 11.3. The lowest BCUT2D eigenvalue weighted by molar-refractivity contribution is 0.0957. The lowest BCUT2D eigenvalue weighted by Crippen LogP contribution is -2.23. The number of carbonyl (C=O) groups is 1. The summed E-state index contributed by atoms with van der Waals surface area (Å²) < 4.78 is 0. The van der Waals surface area contributed by atoms with Crippen LogP contribution in [0, 0.1) is 0 Å². The Labute approximate surface area is 132 Å². The molecule has 0 bridgehead atoms. The summed E-state index contributed by atoms with van der Waals surface area (Å²) in [6, 6.07) is 14.2. The first kappa shape index (κ1) is 12.5. The van der Waals surface area contributed by atoms with E-state index in [2.05, 4.69) is 33.5 Å². The minimum absolute atomic E-state index is 0.0128. The van der Waals surface area contributed by atoms with Gasteiger partial charge in [-0.15, -0.1) is 0 Å². The van der Waals surface area contributed by atoms with Crippen molar-refractivity contribution in [2.45, 2.75) is 6.42 Å². The second-order valence-electron chi connectivity index (χ2n) is 5.96. The third-order valence-electron chi connectivity index (χ3n) is 4.69. The number of aromatic nitrogens is 2. The maximum Gasteiger partial charge on any atom is 0.251 e. The Bertz CT molecular complexity index is 1070. The van der Waals surface area contributed by atoms with Gasteiger partial charge in [0.25, 0.3) is 5.91 Å². The van der Waals surface area contributed by atoms with E-state index in [4.69, 9.17) is 0 Å². The molecule has 0 aliphatic carbocycles. The van der Waals surface area contributed by atoms with Gasteiger partial charge in [0.05, 0.1) is 5.69 Å². The van der Waals surface area contributed by atoms with Crippen molar-refractivity contribution in [3.63, 3.8) is 0 Å². The molecule has 0 fully saturated rings. The van der Waals surface area contributed by atoms with Crippen LogP contribution in [-0.2, 0) is 6.42 Å². The van der Waals surface area contributed by atoms with E-state index in [1.54, 1.807) is 0 Å². The molecule has 0 saturated heterocycles. The highest BCUT2D eigenvalue weighted by Gasteiger charge is 2.23. The summed E-state index contributed by atoms with van der Waals surface area (Å²) in [6.45, 7) is 0.663. The van der Waals surface area contributed by atoms with Crippen molar-refractivity contribution < 1.29 is 4.79 Å². The van der Waals surface area contributed by atoms with Crippen molar-refractivity contribution in [3.05, 3.63) is 59.8 Å². The predicted octanol–water partition coefficient (Wildman–Crippen LogP) is 3.60. The Balaban J connectivity index is 1.88. The van der Waals surface area contributed by atoms with Gasteiger partial charge in [0.2, 0.25) is 0 Å². The van der Waals surface area contributed by atoms with Crippen LogP contribution in [0.15, 0.2) is 48.7 Å². The lowest BCUT2D eigenvalue weighted by Gasteiger charge is -2.02. The molecule has 0 atom stereocenters. The number of benzene rings is 2. The lowest BCUT2D eigenvalue weighted by atomic mass is 10.00. The summed E-state index contributed by atoms with van der Waals surface area (Å²) in [5, 5.41) is 5.24. The van der Waals surface area contributed by atoms with Crippen LogP contribution in [0.2, 0.25) is 0 Å². The van der Waals surface area contributed by atoms with E-state index >= 15 is 0 Å². The summed E-state index contributed by atoms with van der Waals surface area (Å²) in [7, 11) is 0. The number of nitrogens with one attached hydrogen (secondary N) is 3. The van der Waals surface area contributed by atoms with Gasteiger partial charge in [0, 0.05) is 45.7 Å². The van der Waals surface area contributed by atoms with Crippen molar-refractivity contribution in [2.24, 2.45) is 0 Å². The third-order valence-corrected chi connectivity index (χ3v) is 4.69. The Kier molecular flexibility index (Phi) is 2.45. The van der Waals surface area contributed by atoms with Gasteiger partial charge >= 0.3 is 0 Å². The highest BCUT2D eigenvalue weighted by atomic mass is 16.1. The second kappa shape index (κ2) is 4.49. The van der Waals surface area contributed by atoms with E-state index in [1.165, 1.54) is 10.9 Å². The number of hydrogen-bond donors (Lipinski definition) is 3. The smallest absolute Gasteiger partial charge is 0.251 e. The number of fused-ring (bicyclic) bond motifs is 1. The molecule has 0 spiro atoms. The third kappa shape index (κ3) is 1.69. The molecule has 3 N–H and O–H groups in total. The zero-order valence-electron chi connectivity index (χ0n) is 12.4. The van der Waals surface area contributed by atoms with Gasteiger partial charge in [0.1, 0.15) is 0 Å². The molecule has 1 aliphatic rings. The van der Waals surface area contributed by atoms with Crippen LogP contribution >= 0.6 is 0 Å². The van der Waals surface area contributed by atoms with E-state index in [0.29, 0.717) is 6.54 Å². The quantitative estimate of drug-likeness (QED) is 0.494. The maximum absolute atomic E-state index is 12.3. The highest BCUT2D eigenvalue weighted by molar-refractivity contribution is 6.11. The molecule has 4 nitrogen and oxygen atoms in total. The van der Waals surface area contributed by atoms with E-state index < -0.39 is 0 Å². The van der Waals surface area contributed by atoms with Crippen molar-refractivity contribution in [2.75, 3.05) is 6.54 Å². The number of amides is 1. The van der Waals surface area contributed by atoms with Crippen LogP contribution in [0.25, 0.3) is 33.1 Å². The molecule has 2 aromatic carbocycles. The topological polar surface area (TPSA) is 60.7 Å². The van der Waals surface area contributed by atoms with Gasteiger partial charge in [-0.25, -0.2) is 0 Å². The molecule has 2 aromatic heterocycles. The molecule has 4 heteroatoms. The van der Waals surface area contributed by atoms with Crippen LogP contribution < -0.4 is 5.32 Å². The van der Waals surface area contributed by atoms with Gasteiger partial charge in [0.15, 0.2) is 0 Å². The second-order valence-corrected chi connectivity index (χ2v) is 5.96. The Morgan fingerprint density at radius 3 is 2.74 bits per heavy atom. The standard InChI is InChI=1S/C19H15N3O/c23-19-13-5-3-7-16-17(13)12(8-9-20-19)18(22-16)14-10-21-15-6-2-1-4-11(14)15/h1-7,10,21-22H,8-9H2,(H,20,23). The molecule has 4 aromatic rings. The fourth-order valence-electron chi connectivity index (χ4n) is 3.66. The molecule has 112 valence electrons. The minimum atomic E-state index is 0.0128. The van der Waals surface area contributed by atoms with Gasteiger partial charge in [-0.2, -0.15) is 0 Å². The van der Waals surface area contributed by atoms with Crippen molar-refractivity contribution >= 4 is 27.7 Å². The molecule has 0 unspecified atom stereocenters. The van der Waals surface area contributed by atoms with E-state index in [9.17, 15) is 4.79 Å².